The predicted molar refractivity (Wildman–Crippen MR) is 143 cm³/mol. The summed E-state index contributed by atoms with van der Waals surface area (Å²) in [5.41, 5.74) is -0.113. The maximum atomic E-state index is 13.9. The lowest BCUT2D eigenvalue weighted by Crippen LogP contribution is -2.48. The number of sulfonamides is 1. The molecule has 0 bridgehead atoms. The summed E-state index contributed by atoms with van der Waals surface area (Å²) in [6, 6.07) is 13.7. The van der Waals surface area contributed by atoms with Crippen LogP contribution in [-0.2, 0) is 21.0 Å². The van der Waals surface area contributed by atoms with Crippen molar-refractivity contribution in [1.82, 2.24) is 14.5 Å². The minimum Gasteiger partial charge on any atom is -0.497 e. The van der Waals surface area contributed by atoms with Crippen LogP contribution in [-0.4, -0.2) is 63.8 Å². The van der Waals surface area contributed by atoms with Crippen LogP contribution in [0.4, 0.5) is 19.0 Å². The quantitative estimate of drug-likeness (QED) is 0.310. The van der Waals surface area contributed by atoms with Crippen molar-refractivity contribution in [2.24, 2.45) is 0 Å². The van der Waals surface area contributed by atoms with Gasteiger partial charge in [0.1, 0.15) is 11.5 Å². The fourth-order valence-electron chi connectivity index (χ4n) is 4.38. The molecule has 2 aromatic carbocycles. The Bertz CT molecular complexity index is 1430. The monoisotopic (exact) mass is 600 g/mol. The Balaban J connectivity index is 1.67. The molecule has 1 aliphatic heterocycles. The van der Waals surface area contributed by atoms with Gasteiger partial charge in [-0.3, -0.25) is 9.85 Å². The summed E-state index contributed by atoms with van der Waals surface area (Å²) in [5, 5.41) is 2.40. The van der Waals surface area contributed by atoms with E-state index in [0.717, 1.165) is 15.0 Å². The first kappa shape index (κ1) is 29.9. The Labute approximate surface area is 235 Å². The Hall–Kier alpha value is -3.10. The summed E-state index contributed by atoms with van der Waals surface area (Å²) < 4.78 is 78.7. The van der Waals surface area contributed by atoms with Crippen molar-refractivity contribution in [2.75, 3.05) is 39.9 Å². The van der Waals surface area contributed by atoms with Gasteiger partial charge >= 0.3 is 6.18 Å². The second-order valence-corrected chi connectivity index (χ2v) is 11.3. The highest BCUT2D eigenvalue weighted by atomic mass is 35.5. The lowest BCUT2D eigenvalue weighted by atomic mass is 10.0. The molecule has 0 saturated carbocycles. The Morgan fingerprint density at radius 3 is 2.17 bits per heavy atom. The van der Waals surface area contributed by atoms with Crippen LogP contribution in [0.25, 0.3) is 0 Å². The number of benzene rings is 2. The molecule has 14 heteroatoms. The number of hydroxylamine groups is 2. The lowest BCUT2D eigenvalue weighted by molar-refractivity contribution is -0.146. The van der Waals surface area contributed by atoms with Gasteiger partial charge in [-0.1, -0.05) is 23.7 Å². The summed E-state index contributed by atoms with van der Waals surface area (Å²) in [7, 11) is 1.88. The van der Waals surface area contributed by atoms with Crippen molar-refractivity contribution in [3.05, 3.63) is 76.9 Å². The van der Waals surface area contributed by atoms with E-state index in [1.165, 1.54) is 38.4 Å². The molecule has 0 spiro atoms. The standard InChI is InChI=1S/C26H28ClF3N4O5S/c1-32(25-23(27)13-18(15-31-25)26(28,29)30)34(40(35,36)22-11-9-20(38-4)10-12-22)16-21-14-24(33(2)39-21)17-5-7-19(37-3)8-6-17/h5-13,15,21,24H,14,16H2,1-4H3/t21-,24+/m0/s1. The topological polar surface area (TPSA) is 84.4 Å². The average molecular weight is 601 g/mol. The molecule has 3 aromatic rings. The number of alkyl halides is 3. The van der Waals surface area contributed by atoms with Gasteiger partial charge in [0.05, 0.1) is 48.4 Å². The molecule has 0 unspecified atom stereocenters. The van der Waals surface area contributed by atoms with Gasteiger partial charge in [-0.25, -0.2) is 13.4 Å². The second kappa shape index (κ2) is 11.8. The van der Waals surface area contributed by atoms with E-state index < -0.39 is 27.9 Å². The highest BCUT2D eigenvalue weighted by molar-refractivity contribution is 7.89. The van der Waals surface area contributed by atoms with Crippen LogP contribution in [0, 0.1) is 0 Å². The molecule has 1 fully saturated rings. The maximum Gasteiger partial charge on any atom is 0.417 e. The third-order valence-electron chi connectivity index (χ3n) is 6.53. The number of anilines is 1. The first-order chi connectivity index (χ1) is 18.8. The van der Waals surface area contributed by atoms with Gasteiger partial charge in [-0.15, -0.1) is 4.41 Å². The molecular weight excluding hydrogens is 573 g/mol. The number of ether oxygens (including phenoxy) is 2. The van der Waals surface area contributed by atoms with Gasteiger partial charge in [0.2, 0.25) is 0 Å². The fourth-order valence-corrected chi connectivity index (χ4v) is 6.16. The SMILES string of the molecule is COc1ccc([C@H]2C[C@@H](CN(N(C)c3ncc(C(F)(F)F)cc3Cl)S(=O)(=O)c3ccc(OC)cc3)ON2C)cc1. The normalized spacial score (nSPS) is 18.2. The molecule has 4 rings (SSSR count). The van der Waals surface area contributed by atoms with Crippen LogP contribution < -0.4 is 14.5 Å². The van der Waals surface area contributed by atoms with E-state index >= 15 is 0 Å². The first-order valence-electron chi connectivity index (χ1n) is 12.0. The third kappa shape index (κ3) is 6.28. The third-order valence-corrected chi connectivity index (χ3v) is 8.62. The Kier molecular flexibility index (Phi) is 8.80. The number of hydrogen-bond donors (Lipinski definition) is 0. The average Bonchev–Trinajstić information content (AvgIpc) is 3.30. The van der Waals surface area contributed by atoms with Gasteiger partial charge in [-0.2, -0.15) is 18.2 Å². The summed E-state index contributed by atoms with van der Waals surface area (Å²) >= 11 is 6.19. The van der Waals surface area contributed by atoms with Crippen molar-refractivity contribution >= 4 is 27.4 Å². The van der Waals surface area contributed by atoms with Crippen molar-refractivity contribution in [1.29, 1.82) is 0 Å². The van der Waals surface area contributed by atoms with Crippen molar-refractivity contribution in [3.63, 3.8) is 0 Å². The van der Waals surface area contributed by atoms with Gasteiger partial charge in [-0.05, 0) is 54.4 Å². The molecule has 1 aromatic heterocycles. The van der Waals surface area contributed by atoms with E-state index in [1.54, 1.807) is 19.2 Å². The van der Waals surface area contributed by atoms with Crippen molar-refractivity contribution in [3.8, 4) is 11.5 Å². The maximum absolute atomic E-state index is 13.9. The Morgan fingerprint density at radius 2 is 1.65 bits per heavy atom. The van der Waals surface area contributed by atoms with E-state index in [0.29, 0.717) is 30.2 Å². The molecule has 40 heavy (non-hydrogen) atoms. The highest BCUT2D eigenvalue weighted by Gasteiger charge is 2.39. The molecular formula is C26H28ClF3N4O5S. The summed E-state index contributed by atoms with van der Waals surface area (Å²) in [5.74, 6) is 0.973. The van der Waals surface area contributed by atoms with Crippen LogP contribution in [0.2, 0.25) is 5.02 Å². The summed E-state index contributed by atoms with van der Waals surface area (Å²) in [4.78, 5) is 9.80. The van der Waals surface area contributed by atoms with Crippen LogP contribution in [0.1, 0.15) is 23.6 Å². The van der Waals surface area contributed by atoms with E-state index in [1.807, 2.05) is 24.3 Å². The zero-order valence-electron chi connectivity index (χ0n) is 22.1. The molecule has 0 radical (unpaired) electrons. The minimum absolute atomic E-state index is 0.0683. The van der Waals surface area contributed by atoms with Crippen LogP contribution in [0.5, 0.6) is 11.5 Å². The van der Waals surface area contributed by atoms with Gasteiger partial charge < -0.3 is 9.47 Å². The molecule has 216 valence electrons. The summed E-state index contributed by atoms with van der Waals surface area (Å²) in [6.07, 6.45) is -4.24. The second-order valence-electron chi connectivity index (χ2n) is 9.03. The molecule has 1 aliphatic rings. The van der Waals surface area contributed by atoms with Crippen molar-refractivity contribution < 1.29 is 35.9 Å². The molecule has 1 saturated heterocycles. The first-order valence-corrected chi connectivity index (χ1v) is 13.8. The molecule has 0 N–H and O–H groups in total. The zero-order chi connectivity index (χ0) is 29.2. The predicted octanol–water partition coefficient (Wildman–Crippen LogP) is 5.19. The van der Waals surface area contributed by atoms with E-state index in [9.17, 15) is 21.6 Å². The smallest absolute Gasteiger partial charge is 0.417 e. The molecule has 0 aliphatic carbocycles. The van der Waals surface area contributed by atoms with Crippen LogP contribution in [0.3, 0.4) is 0 Å². The molecule has 9 nitrogen and oxygen atoms in total. The summed E-state index contributed by atoms with van der Waals surface area (Å²) in [6.45, 7) is -0.180. The Morgan fingerprint density at radius 1 is 1.07 bits per heavy atom. The number of methoxy groups -OCH3 is 2. The number of aromatic nitrogens is 1. The van der Waals surface area contributed by atoms with Gasteiger partial charge in [0.15, 0.2) is 5.82 Å². The van der Waals surface area contributed by atoms with E-state index in [4.69, 9.17) is 25.9 Å². The number of hydrogen-bond acceptors (Lipinski definition) is 8. The number of pyridine rings is 1. The number of rotatable bonds is 9. The van der Waals surface area contributed by atoms with Crippen LogP contribution >= 0.6 is 11.6 Å². The molecule has 0 amide bonds. The number of hydrazine groups is 1. The van der Waals surface area contributed by atoms with Gasteiger partial charge in [0.25, 0.3) is 10.0 Å². The minimum atomic E-state index is -4.67. The van der Waals surface area contributed by atoms with E-state index in [2.05, 4.69) is 4.98 Å². The molecule has 2 atom stereocenters. The van der Waals surface area contributed by atoms with Crippen molar-refractivity contribution in [2.45, 2.75) is 29.6 Å². The van der Waals surface area contributed by atoms with E-state index in [-0.39, 0.29) is 28.3 Å². The zero-order valence-corrected chi connectivity index (χ0v) is 23.7. The number of halogens is 4. The highest BCUT2D eigenvalue weighted by Crippen LogP contribution is 2.37. The largest absolute Gasteiger partial charge is 0.497 e. The van der Waals surface area contributed by atoms with Gasteiger partial charge in [0, 0.05) is 20.3 Å². The van der Waals surface area contributed by atoms with Crippen LogP contribution in [0.15, 0.2) is 65.7 Å². The molecule has 2 heterocycles. The lowest BCUT2D eigenvalue weighted by Gasteiger charge is -2.33. The fraction of sp³-hybridized carbons (Fsp3) is 0.346. The number of nitrogens with zero attached hydrogens (tertiary/aromatic N) is 4.